The zero-order valence-corrected chi connectivity index (χ0v) is 37.8. The average molecular weight is 1070 g/mol. The van der Waals surface area contributed by atoms with Crippen molar-refractivity contribution in [2.45, 2.75) is 49.9 Å². The van der Waals surface area contributed by atoms with Gasteiger partial charge in [0, 0.05) is 38.2 Å². The molecule has 388 valence electrons. The highest BCUT2D eigenvalue weighted by molar-refractivity contribution is 6.13. The fourth-order valence-electron chi connectivity index (χ4n) is 10.1. The second kappa shape index (κ2) is 17.5. The summed E-state index contributed by atoms with van der Waals surface area (Å²) in [5, 5.41) is 11.5. The van der Waals surface area contributed by atoms with E-state index in [2.05, 4.69) is 0 Å². The molecule has 7 aromatic carbocycles. The highest BCUT2D eigenvalue weighted by atomic mass is 19.4. The lowest BCUT2D eigenvalue weighted by atomic mass is 9.87. The van der Waals surface area contributed by atoms with Gasteiger partial charge in [-0.15, -0.1) is 0 Å². The number of halogens is 18. The topological polar surface area (TPSA) is 33.6 Å². The molecule has 0 amide bonds. The van der Waals surface area contributed by atoms with Crippen LogP contribution in [0, 0.1) is 11.3 Å². The van der Waals surface area contributed by atoms with Crippen molar-refractivity contribution >= 4 is 49.2 Å². The zero-order valence-electron chi connectivity index (χ0n) is 37.8. The van der Waals surface area contributed by atoms with E-state index in [1.807, 2.05) is 0 Å². The molecule has 0 spiro atoms. The summed E-state index contributed by atoms with van der Waals surface area (Å²) >= 11 is 0. The van der Waals surface area contributed by atoms with Crippen molar-refractivity contribution in [1.29, 1.82) is 5.26 Å². The first-order chi connectivity index (χ1) is 35.5. The first kappa shape index (κ1) is 51.3. The van der Waals surface area contributed by atoms with Crippen LogP contribution in [-0.4, -0.2) is 21.5 Å². The summed E-state index contributed by atoms with van der Waals surface area (Å²) < 4.78 is 262. The van der Waals surface area contributed by atoms with Crippen LogP contribution in [0.15, 0.2) is 151 Å². The van der Waals surface area contributed by atoms with Gasteiger partial charge in [-0.3, -0.25) is 0 Å². The number of nitriles is 1. The lowest BCUT2D eigenvalue weighted by Gasteiger charge is -2.24. The van der Waals surface area contributed by atoms with Gasteiger partial charge in [0.2, 0.25) is 0 Å². The van der Waals surface area contributed by atoms with E-state index < -0.39 is 111 Å². The monoisotopic (exact) mass is 1070 g/mol. The molecule has 1 aliphatic rings. The molecule has 0 unspecified atom stereocenters. The van der Waals surface area contributed by atoms with Gasteiger partial charge in [-0.05, 0) is 114 Å². The molecule has 3 nitrogen and oxygen atoms in total. The van der Waals surface area contributed by atoms with E-state index in [0.717, 1.165) is 18.2 Å². The molecule has 1 aliphatic carbocycles. The third kappa shape index (κ3) is 8.76. The van der Waals surface area contributed by atoms with Crippen LogP contribution in [0.4, 0.5) is 79.0 Å². The molecular weight excluding hydrogens is 1040 g/mol. The van der Waals surface area contributed by atoms with Gasteiger partial charge in [-0.2, -0.15) is 84.3 Å². The molecule has 0 bridgehead atoms. The molecule has 9 aromatic rings. The quantitative estimate of drug-likeness (QED) is 0.158. The lowest BCUT2D eigenvalue weighted by molar-refractivity contribution is -0.144. The number of alkyl halides is 18. The Morgan fingerprint density at radius 1 is 0.395 bits per heavy atom. The predicted molar refractivity (Wildman–Crippen MR) is 247 cm³/mol. The molecule has 76 heavy (non-hydrogen) atoms. The standard InChI is InChI=1S/C55H27F18N3/c56-50(57,58)30-14-16-32(41(23-30)54(68,69)70)27-12-18-45-37(20-27)34-6-1-3-10-43(34)75(45)47-22-29(26-74)36(49-39(52(62,63)64)8-5-9-40(49)53(65,66)67)25-48(47)76-44-11-4-2-7-35(44)38-21-28(13-19-46(38)76)33-17-15-31(51(59,60)61)24-42(33)55(71,72)73/h1-13,15,17-25H,14,16H2. The Morgan fingerprint density at radius 3 is 1.39 bits per heavy atom. The lowest BCUT2D eigenvalue weighted by Crippen LogP contribution is -2.20. The van der Waals surface area contributed by atoms with Gasteiger partial charge in [-0.1, -0.05) is 60.7 Å². The third-order valence-electron chi connectivity index (χ3n) is 13.3. The summed E-state index contributed by atoms with van der Waals surface area (Å²) in [5.74, 6) is 0. The molecule has 0 aliphatic heterocycles. The molecular formula is C55H27F18N3. The average Bonchev–Trinajstić information content (AvgIpc) is 3.88. The van der Waals surface area contributed by atoms with Crippen LogP contribution in [0.3, 0.4) is 0 Å². The van der Waals surface area contributed by atoms with Crippen LogP contribution >= 0.6 is 0 Å². The Balaban J connectivity index is 1.32. The van der Waals surface area contributed by atoms with E-state index in [4.69, 9.17) is 0 Å². The maximum Gasteiger partial charge on any atom is 0.417 e. The zero-order chi connectivity index (χ0) is 54.8. The normalized spacial score (nSPS) is 14.4. The van der Waals surface area contributed by atoms with Crippen molar-refractivity contribution in [2.75, 3.05) is 0 Å². The summed E-state index contributed by atoms with van der Waals surface area (Å²) in [5.41, 5.74) is -14.4. The minimum Gasteiger partial charge on any atom is -0.307 e. The van der Waals surface area contributed by atoms with Gasteiger partial charge >= 0.3 is 37.1 Å². The first-order valence-corrected chi connectivity index (χ1v) is 22.3. The Morgan fingerprint density at radius 2 is 0.895 bits per heavy atom. The highest BCUT2D eigenvalue weighted by Gasteiger charge is 2.44. The summed E-state index contributed by atoms with van der Waals surface area (Å²) in [7, 11) is 0. The van der Waals surface area contributed by atoms with Crippen molar-refractivity contribution in [3.8, 4) is 39.7 Å². The number of hydrogen-bond acceptors (Lipinski definition) is 1. The molecule has 0 N–H and O–H groups in total. The van der Waals surface area contributed by atoms with Crippen molar-refractivity contribution in [2.24, 2.45) is 0 Å². The van der Waals surface area contributed by atoms with Crippen molar-refractivity contribution in [3.05, 3.63) is 184 Å². The van der Waals surface area contributed by atoms with Gasteiger partial charge in [0.1, 0.15) is 0 Å². The van der Waals surface area contributed by atoms with Crippen molar-refractivity contribution in [3.63, 3.8) is 0 Å². The van der Waals surface area contributed by atoms with Crippen LogP contribution in [0.25, 0.3) is 82.8 Å². The van der Waals surface area contributed by atoms with E-state index in [1.165, 1.54) is 88.0 Å². The Bertz CT molecular complexity index is 3940. The van der Waals surface area contributed by atoms with Crippen molar-refractivity contribution < 1.29 is 79.0 Å². The Kier molecular flexibility index (Phi) is 11.8. The third-order valence-corrected chi connectivity index (χ3v) is 13.3. The van der Waals surface area contributed by atoms with Gasteiger partial charge < -0.3 is 9.13 Å². The van der Waals surface area contributed by atoms with Gasteiger partial charge in [0.25, 0.3) is 0 Å². The largest absolute Gasteiger partial charge is 0.417 e. The molecule has 2 aromatic heterocycles. The SMILES string of the molecule is N#Cc1cc(-n2c3ccccc3c3cc(C4=C(C(F)(F)F)C=C(C(F)(F)F)CC4)ccc32)c(-n2c3ccccc3c3cc(-c4ccc(C(F)(F)F)cc4C(F)(F)F)ccc32)cc1-c1c(C(F)(F)F)cccc1C(F)(F)F. The van der Waals surface area contributed by atoms with Crippen LogP contribution in [0.5, 0.6) is 0 Å². The first-order valence-electron chi connectivity index (χ1n) is 22.3. The number of hydrogen-bond donors (Lipinski definition) is 0. The maximum absolute atomic E-state index is 15.0. The summed E-state index contributed by atoms with van der Waals surface area (Å²) in [4.78, 5) is 0. The molecule has 0 radical (unpaired) electrons. The van der Waals surface area contributed by atoms with Crippen LogP contribution in [-0.2, 0) is 24.7 Å². The number of benzene rings is 7. The number of rotatable bonds is 5. The number of nitrogens with zero attached hydrogens (tertiary/aromatic N) is 3. The molecule has 0 atom stereocenters. The molecule has 10 rings (SSSR count). The summed E-state index contributed by atoms with van der Waals surface area (Å²) in [6.07, 6.45) is -33.2. The second-order valence-corrected chi connectivity index (χ2v) is 17.7. The molecule has 0 saturated carbocycles. The van der Waals surface area contributed by atoms with E-state index in [0.29, 0.717) is 30.3 Å². The van der Waals surface area contributed by atoms with Crippen LogP contribution in [0.1, 0.15) is 46.2 Å². The van der Waals surface area contributed by atoms with Gasteiger partial charge in [0.05, 0.1) is 72.9 Å². The number of para-hydroxylation sites is 2. The Hall–Kier alpha value is -8.15. The van der Waals surface area contributed by atoms with Gasteiger partial charge in [-0.25, -0.2) is 0 Å². The smallest absolute Gasteiger partial charge is 0.307 e. The minimum absolute atomic E-state index is 0.0285. The van der Waals surface area contributed by atoms with Crippen molar-refractivity contribution in [1.82, 2.24) is 9.13 Å². The summed E-state index contributed by atoms with van der Waals surface area (Å²) in [6.45, 7) is 0. The van der Waals surface area contributed by atoms with Gasteiger partial charge in [0.15, 0.2) is 0 Å². The van der Waals surface area contributed by atoms with Crippen LogP contribution < -0.4 is 0 Å². The van der Waals surface area contributed by atoms with E-state index >= 15 is 0 Å². The number of fused-ring (bicyclic) bond motifs is 6. The fourth-order valence-corrected chi connectivity index (χ4v) is 10.1. The van der Waals surface area contributed by atoms with E-state index in [9.17, 15) is 84.3 Å². The number of aromatic nitrogens is 2. The maximum atomic E-state index is 15.0. The predicted octanol–water partition coefficient (Wildman–Crippen LogP) is 18.8. The van der Waals surface area contributed by atoms with E-state index in [-0.39, 0.29) is 78.3 Å². The molecule has 21 heteroatoms. The number of allylic oxidation sites excluding steroid dienone is 4. The molecule has 2 heterocycles. The summed E-state index contributed by atoms with van der Waals surface area (Å²) in [6, 6.07) is 25.2. The Labute approximate surface area is 415 Å². The molecule has 0 saturated heterocycles. The fraction of sp³-hybridized carbons (Fsp3) is 0.145. The minimum atomic E-state index is -5.46. The van der Waals surface area contributed by atoms with Crippen LogP contribution in [0.2, 0.25) is 0 Å². The molecule has 0 fully saturated rings. The van der Waals surface area contributed by atoms with E-state index in [1.54, 1.807) is 6.07 Å². The second-order valence-electron chi connectivity index (χ2n) is 17.7. The highest BCUT2D eigenvalue weighted by Crippen LogP contribution is 2.50.